The number of aliphatic hydroxyl groups is 1. The Morgan fingerprint density at radius 3 is 2.72 bits per heavy atom. The fourth-order valence-electron chi connectivity index (χ4n) is 5.09. The van der Waals surface area contributed by atoms with Crippen molar-refractivity contribution in [3.8, 4) is 17.0 Å². The summed E-state index contributed by atoms with van der Waals surface area (Å²) in [5.74, 6) is 2.34. The van der Waals surface area contributed by atoms with Gasteiger partial charge in [0.15, 0.2) is 5.82 Å². The Morgan fingerprint density at radius 2 is 2.00 bits per heavy atom. The second-order valence-corrected chi connectivity index (χ2v) is 11.7. The molecule has 1 aliphatic heterocycles. The summed E-state index contributed by atoms with van der Waals surface area (Å²) in [6.07, 6.45) is 5.79. The highest BCUT2D eigenvalue weighted by Gasteiger charge is 2.58. The zero-order chi connectivity index (χ0) is 27.2. The van der Waals surface area contributed by atoms with Crippen LogP contribution < -0.4 is 15.4 Å². The van der Waals surface area contributed by atoms with Gasteiger partial charge in [0.25, 0.3) is 0 Å². The lowest BCUT2D eigenvalue weighted by Crippen LogP contribution is -2.29. The summed E-state index contributed by atoms with van der Waals surface area (Å²) >= 11 is 0. The molecule has 204 valence electrons. The molecule has 3 aromatic heterocycles. The van der Waals surface area contributed by atoms with Crippen LogP contribution in [0.3, 0.4) is 0 Å². The zero-order valence-electron chi connectivity index (χ0n) is 22.5. The maximum Gasteiger partial charge on any atom is 0.324 e. The average Bonchev–Trinajstić information content (AvgIpc) is 3.29. The van der Waals surface area contributed by atoms with Gasteiger partial charge in [0.2, 0.25) is 0 Å². The number of hydrogen-bond donors (Lipinski definition) is 3. The number of amides is 2. The predicted octanol–water partition coefficient (Wildman–Crippen LogP) is 4.77. The summed E-state index contributed by atoms with van der Waals surface area (Å²) in [6.45, 7) is 9.42. The number of anilines is 2. The number of nitrogens with one attached hydrogen (secondary N) is 2. The van der Waals surface area contributed by atoms with Gasteiger partial charge in [-0.1, -0.05) is 38.1 Å². The van der Waals surface area contributed by atoms with Gasteiger partial charge in [-0.15, -0.1) is 0 Å². The molecule has 0 unspecified atom stereocenters. The number of imidazole rings is 1. The first-order valence-electron chi connectivity index (χ1n) is 13.4. The first-order chi connectivity index (χ1) is 18.6. The van der Waals surface area contributed by atoms with Crippen molar-refractivity contribution in [1.29, 1.82) is 0 Å². The van der Waals surface area contributed by atoms with Gasteiger partial charge in [0.05, 0.1) is 24.1 Å². The van der Waals surface area contributed by atoms with E-state index in [-0.39, 0.29) is 5.41 Å². The van der Waals surface area contributed by atoms with Crippen LogP contribution in [0.15, 0.2) is 59.4 Å². The number of urea groups is 1. The van der Waals surface area contributed by atoms with Gasteiger partial charge in [0.1, 0.15) is 17.2 Å². The number of fused-ring (bicyclic) bond motifs is 2. The number of rotatable bonds is 8. The van der Waals surface area contributed by atoms with Gasteiger partial charge in [-0.05, 0) is 37.1 Å². The first-order valence-corrected chi connectivity index (χ1v) is 13.4. The number of β-amino-alcohol motifs (C(OH)–C–C–N with tert-alkyl or cyclic N) is 1. The summed E-state index contributed by atoms with van der Waals surface area (Å²) in [5, 5.41) is 19.6. The number of nitrogens with zero attached hydrogens (tertiary/aromatic N) is 4. The fraction of sp³-hybridized carbons (Fsp3) is 0.414. The number of carbonyl (C=O) groups is 1. The summed E-state index contributed by atoms with van der Waals surface area (Å²) < 4.78 is 13.2. The Morgan fingerprint density at radius 1 is 1.18 bits per heavy atom. The monoisotopic (exact) mass is 530 g/mol. The molecule has 1 saturated heterocycles. The summed E-state index contributed by atoms with van der Waals surface area (Å²) in [5.41, 5.74) is 2.65. The maximum atomic E-state index is 12.4. The number of benzene rings is 1. The molecule has 2 atom stereocenters. The van der Waals surface area contributed by atoms with Crippen molar-refractivity contribution in [3.63, 3.8) is 0 Å². The SMILES string of the molecule is CC(C)(C)c1cc(NC(=O)Nc2ccc(-c3cn4cc(OCCCN5C[C@H]6C[C@@]6(O)C5)ccc4n3)cc2)no1. The Kier molecular flexibility index (Phi) is 6.31. The van der Waals surface area contributed by atoms with E-state index < -0.39 is 11.6 Å². The molecule has 2 aliphatic rings. The Balaban J connectivity index is 1.01. The van der Waals surface area contributed by atoms with Crippen LogP contribution in [0.5, 0.6) is 5.75 Å². The normalized spacial score (nSPS) is 20.7. The van der Waals surface area contributed by atoms with Crippen molar-refractivity contribution in [3.05, 3.63) is 60.6 Å². The van der Waals surface area contributed by atoms with Crippen molar-refractivity contribution in [1.82, 2.24) is 19.4 Å². The molecule has 10 heteroatoms. The molecule has 2 fully saturated rings. The third-order valence-electron chi connectivity index (χ3n) is 7.42. The fourth-order valence-corrected chi connectivity index (χ4v) is 5.09. The van der Waals surface area contributed by atoms with Crippen LogP contribution in [0.25, 0.3) is 16.9 Å². The van der Waals surface area contributed by atoms with E-state index in [1.165, 1.54) is 0 Å². The number of ether oxygens (including phenoxy) is 1. The van der Waals surface area contributed by atoms with E-state index in [1.54, 1.807) is 6.07 Å². The standard InChI is InChI=1S/C29H34N6O4/c1-28(2,3)24-13-25(33-39-24)32-27(36)30-21-7-5-19(6-8-21)23-17-35-16-22(9-10-26(35)31-23)38-12-4-11-34-15-20-14-29(20,37)18-34/h5-10,13,16-17,20,37H,4,11-12,14-15,18H2,1-3H3,(H2,30,32,33,36)/t20-,29-/m1/s1. The first kappa shape index (κ1) is 25.4. The molecule has 0 radical (unpaired) electrons. The van der Waals surface area contributed by atoms with Crippen LogP contribution in [0.1, 0.15) is 39.4 Å². The van der Waals surface area contributed by atoms with Crippen molar-refractivity contribution in [2.45, 2.75) is 44.6 Å². The van der Waals surface area contributed by atoms with Gasteiger partial charge in [-0.2, -0.15) is 0 Å². The highest BCUT2D eigenvalue weighted by atomic mass is 16.5. The second-order valence-electron chi connectivity index (χ2n) is 11.7. The molecule has 1 aromatic carbocycles. The molecular formula is C29H34N6O4. The lowest BCUT2D eigenvalue weighted by molar-refractivity contribution is 0.125. The van der Waals surface area contributed by atoms with E-state index in [1.807, 2.05) is 74.0 Å². The molecular weight excluding hydrogens is 496 g/mol. The average molecular weight is 531 g/mol. The van der Waals surface area contributed by atoms with E-state index in [4.69, 9.17) is 14.2 Å². The zero-order valence-corrected chi connectivity index (χ0v) is 22.5. The van der Waals surface area contributed by atoms with Gasteiger partial charge in [0, 0.05) is 54.5 Å². The number of hydrogen-bond acceptors (Lipinski definition) is 7. The van der Waals surface area contributed by atoms with Crippen LogP contribution in [0, 0.1) is 5.92 Å². The molecule has 1 aliphatic carbocycles. The lowest BCUT2D eigenvalue weighted by Gasteiger charge is -2.18. The van der Waals surface area contributed by atoms with Crippen LogP contribution >= 0.6 is 0 Å². The van der Waals surface area contributed by atoms with Crippen LogP contribution in [0.2, 0.25) is 0 Å². The van der Waals surface area contributed by atoms with Crippen molar-refractivity contribution >= 4 is 23.2 Å². The van der Waals surface area contributed by atoms with Crippen LogP contribution in [0.4, 0.5) is 16.3 Å². The van der Waals surface area contributed by atoms with Crippen molar-refractivity contribution in [2.24, 2.45) is 5.92 Å². The number of likely N-dealkylation sites (tertiary alicyclic amines) is 1. The summed E-state index contributed by atoms with van der Waals surface area (Å²) in [6, 6.07) is 12.7. The molecule has 4 aromatic rings. The number of aromatic nitrogens is 3. The number of carbonyl (C=O) groups excluding carboxylic acids is 1. The Bertz CT molecular complexity index is 1490. The molecule has 3 N–H and O–H groups in total. The molecule has 0 bridgehead atoms. The minimum Gasteiger partial charge on any atom is -0.492 e. The quantitative estimate of drug-likeness (QED) is 0.281. The Labute approximate surface area is 227 Å². The van der Waals surface area contributed by atoms with E-state index in [2.05, 4.69) is 20.7 Å². The van der Waals surface area contributed by atoms with Gasteiger partial charge >= 0.3 is 6.03 Å². The number of piperidine rings is 1. The summed E-state index contributed by atoms with van der Waals surface area (Å²) in [7, 11) is 0. The van der Waals surface area contributed by atoms with Gasteiger partial charge in [-0.3, -0.25) is 10.2 Å². The molecule has 0 spiro atoms. The van der Waals surface area contributed by atoms with Crippen LogP contribution in [-0.2, 0) is 5.41 Å². The van der Waals surface area contributed by atoms with Crippen molar-refractivity contribution in [2.75, 3.05) is 36.9 Å². The lowest BCUT2D eigenvalue weighted by atomic mass is 9.93. The Hall–Kier alpha value is -3.89. The molecule has 6 rings (SSSR count). The highest BCUT2D eigenvalue weighted by Crippen LogP contribution is 2.49. The predicted molar refractivity (Wildman–Crippen MR) is 148 cm³/mol. The third-order valence-corrected chi connectivity index (χ3v) is 7.42. The highest BCUT2D eigenvalue weighted by molar-refractivity contribution is 5.99. The minimum absolute atomic E-state index is 0.190. The summed E-state index contributed by atoms with van der Waals surface area (Å²) in [4.78, 5) is 19.4. The molecule has 4 heterocycles. The maximum absolute atomic E-state index is 12.4. The van der Waals surface area contributed by atoms with E-state index in [9.17, 15) is 9.90 Å². The van der Waals surface area contributed by atoms with Gasteiger partial charge in [-0.25, -0.2) is 9.78 Å². The smallest absolute Gasteiger partial charge is 0.324 e. The third kappa shape index (κ3) is 5.62. The number of pyridine rings is 1. The second kappa shape index (κ2) is 9.69. The van der Waals surface area contributed by atoms with Crippen molar-refractivity contribution < 1.29 is 19.2 Å². The minimum atomic E-state index is -0.397. The molecule has 2 amide bonds. The molecule has 10 nitrogen and oxygen atoms in total. The van der Waals surface area contributed by atoms with Crippen LogP contribution in [-0.4, -0.2) is 62.4 Å². The van der Waals surface area contributed by atoms with E-state index in [0.717, 1.165) is 55.1 Å². The molecule has 39 heavy (non-hydrogen) atoms. The largest absolute Gasteiger partial charge is 0.492 e. The van der Waals surface area contributed by atoms with Gasteiger partial charge < -0.3 is 24.1 Å². The van der Waals surface area contributed by atoms with E-state index >= 15 is 0 Å². The molecule has 1 saturated carbocycles. The van der Waals surface area contributed by atoms with E-state index in [0.29, 0.717) is 29.8 Å². The topological polar surface area (TPSA) is 117 Å².